The molecule has 1 fully saturated rings. The highest BCUT2D eigenvalue weighted by atomic mass is 16.3. The molecule has 112 valence electrons. The number of fused-ring (bicyclic) bond motifs is 1. The number of aromatic amines is 1. The van der Waals surface area contributed by atoms with Crippen LogP contribution in [0.1, 0.15) is 30.4 Å². The summed E-state index contributed by atoms with van der Waals surface area (Å²) in [6.45, 7) is 2.60. The van der Waals surface area contributed by atoms with Crippen LogP contribution in [0.5, 0.6) is 0 Å². The summed E-state index contributed by atoms with van der Waals surface area (Å²) in [5.41, 5.74) is 3.55. The van der Waals surface area contributed by atoms with Crippen molar-refractivity contribution in [2.24, 2.45) is 0 Å². The van der Waals surface area contributed by atoms with Crippen LogP contribution < -0.4 is 0 Å². The van der Waals surface area contributed by atoms with E-state index in [0.29, 0.717) is 19.0 Å². The van der Waals surface area contributed by atoms with E-state index in [1.165, 1.54) is 16.5 Å². The molecule has 1 saturated carbocycles. The van der Waals surface area contributed by atoms with E-state index in [1.54, 1.807) is 0 Å². The maximum absolute atomic E-state index is 12.3. The van der Waals surface area contributed by atoms with Crippen molar-refractivity contribution in [2.45, 2.75) is 38.6 Å². The average Bonchev–Trinajstić information content (AvgIpc) is 3.23. The van der Waals surface area contributed by atoms with E-state index in [2.05, 4.69) is 30.1 Å². The molecule has 2 N–H and O–H groups in total. The fourth-order valence-corrected chi connectivity index (χ4v) is 2.89. The first-order valence-electron chi connectivity index (χ1n) is 7.66. The number of nitrogens with one attached hydrogen (secondary N) is 1. The number of nitrogens with zero attached hydrogens (tertiary/aromatic N) is 1. The Morgan fingerprint density at radius 2 is 2.24 bits per heavy atom. The zero-order chi connectivity index (χ0) is 14.8. The predicted octanol–water partition coefficient (Wildman–Crippen LogP) is 2.39. The highest BCUT2D eigenvalue weighted by molar-refractivity contribution is 5.85. The van der Waals surface area contributed by atoms with Gasteiger partial charge < -0.3 is 15.0 Å². The molecule has 4 heteroatoms. The Balaban J connectivity index is 1.68. The second-order valence-corrected chi connectivity index (χ2v) is 5.90. The van der Waals surface area contributed by atoms with E-state index in [-0.39, 0.29) is 12.5 Å². The fraction of sp³-hybridized carbons (Fsp3) is 0.471. The number of aryl methyl sites for hydroxylation is 2. The Bertz CT molecular complexity index is 643. The lowest BCUT2D eigenvalue weighted by atomic mass is 10.1. The van der Waals surface area contributed by atoms with Gasteiger partial charge in [0.25, 0.3) is 0 Å². The van der Waals surface area contributed by atoms with Crippen LogP contribution in [0.4, 0.5) is 0 Å². The Labute approximate surface area is 124 Å². The SMILES string of the molecule is Cc1ccc2[nH]cc(CCC(=O)N(CCO)C3CC3)c2c1. The van der Waals surface area contributed by atoms with Gasteiger partial charge in [0.15, 0.2) is 0 Å². The van der Waals surface area contributed by atoms with E-state index in [9.17, 15) is 4.79 Å². The van der Waals surface area contributed by atoms with E-state index < -0.39 is 0 Å². The minimum Gasteiger partial charge on any atom is -0.395 e. The molecule has 1 aliphatic carbocycles. The van der Waals surface area contributed by atoms with Crippen molar-refractivity contribution in [3.63, 3.8) is 0 Å². The number of carbonyl (C=O) groups excluding carboxylic acids is 1. The third-order valence-corrected chi connectivity index (χ3v) is 4.18. The molecule has 0 saturated heterocycles. The normalized spacial score (nSPS) is 14.6. The monoisotopic (exact) mass is 286 g/mol. The molecule has 1 aliphatic rings. The third-order valence-electron chi connectivity index (χ3n) is 4.18. The van der Waals surface area contributed by atoms with Crippen molar-refractivity contribution >= 4 is 16.8 Å². The summed E-state index contributed by atoms with van der Waals surface area (Å²) in [5, 5.41) is 10.3. The molecule has 0 bridgehead atoms. The molecule has 1 amide bonds. The van der Waals surface area contributed by atoms with Crippen LogP contribution in [-0.2, 0) is 11.2 Å². The maximum atomic E-state index is 12.3. The molecule has 0 aliphatic heterocycles. The highest BCUT2D eigenvalue weighted by Crippen LogP contribution is 2.28. The molecule has 1 aromatic heterocycles. The third kappa shape index (κ3) is 3.10. The highest BCUT2D eigenvalue weighted by Gasteiger charge is 2.31. The molecular weight excluding hydrogens is 264 g/mol. The van der Waals surface area contributed by atoms with Crippen LogP contribution in [0, 0.1) is 6.92 Å². The van der Waals surface area contributed by atoms with Gasteiger partial charge in [-0.05, 0) is 43.9 Å². The Hall–Kier alpha value is -1.81. The van der Waals surface area contributed by atoms with E-state index >= 15 is 0 Å². The summed E-state index contributed by atoms with van der Waals surface area (Å²) in [6.07, 6.45) is 5.43. The standard InChI is InChI=1S/C17H22N2O2/c1-12-2-6-16-15(10-12)13(11-18-16)3-7-17(21)19(8-9-20)14-4-5-14/h2,6,10-11,14,18,20H,3-5,7-9H2,1H3. The number of hydrogen-bond acceptors (Lipinski definition) is 2. The van der Waals surface area contributed by atoms with Crippen molar-refractivity contribution < 1.29 is 9.90 Å². The lowest BCUT2D eigenvalue weighted by Crippen LogP contribution is -2.35. The van der Waals surface area contributed by atoms with Crippen molar-refractivity contribution in [1.29, 1.82) is 0 Å². The summed E-state index contributed by atoms with van der Waals surface area (Å²) in [7, 11) is 0. The van der Waals surface area contributed by atoms with Gasteiger partial charge in [-0.15, -0.1) is 0 Å². The number of carbonyl (C=O) groups is 1. The molecule has 1 aromatic carbocycles. The van der Waals surface area contributed by atoms with Crippen molar-refractivity contribution in [2.75, 3.05) is 13.2 Å². The quantitative estimate of drug-likeness (QED) is 0.856. The van der Waals surface area contributed by atoms with Gasteiger partial charge in [0.05, 0.1) is 6.61 Å². The van der Waals surface area contributed by atoms with E-state index in [4.69, 9.17) is 5.11 Å². The molecule has 21 heavy (non-hydrogen) atoms. The predicted molar refractivity (Wildman–Crippen MR) is 83.2 cm³/mol. The van der Waals surface area contributed by atoms with Crippen LogP contribution in [0.2, 0.25) is 0 Å². The summed E-state index contributed by atoms with van der Waals surface area (Å²) < 4.78 is 0. The number of aliphatic hydroxyl groups excluding tert-OH is 1. The van der Waals surface area contributed by atoms with Gasteiger partial charge >= 0.3 is 0 Å². The summed E-state index contributed by atoms with van der Waals surface area (Å²) in [4.78, 5) is 17.4. The number of aromatic nitrogens is 1. The number of hydrogen-bond donors (Lipinski definition) is 2. The van der Waals surface area contributed by atoms with Gasteiger partial charge in [0, 0.05) is 36.1 Å². The Kier molecular flexibility index (Phi) is 3.97. The second kappa shape index (κ2) is 5.90. The van der Waals surface area contributed by atoms with Gasteiger partial charge in [-0.2, -0.15) is 0 Å². The number of aliphatic hydroxyl groups is 1. The molecule has 1 heterocycles. The number of H-pyrrole nitrogens is 1. The van der Waals surface area contributed by atoms with Gasteiger partial charge in [-0.1, -0.05) is 11.6 Å². The molecule has 0 atom stereocenters. The molecule has 3 rings (SSSR count). The van der Waals surface area contributed by atoms with Gasteiger partial charge in [-0.25, -0.2) is 0 Å². The topological polar surface area (TPSA) is 56.3 Å². The Morgan fingerprint density at radius 1 is 1.43 bits per heavy atom. The van der Waals surface area contributed by atoms with Crippen LogP contribution in [0.15, 0.2) is 24.4 Å². The lowest BCUT2D eigenvalue weighted by Gasteiger charge is -2.21. The van der Waals surface area contributed by atoms with Crippen molar-refractivity contribution in [3.05, 3.63) is 35.5 Å². The molecule has 2 aromatic rings. The van der Waals surface area contributed by atoms with Crippen LogP contribution in [-0.4, -0.2) is 40.1 Å². The minimum absolute atomic E-state index is 0.0501. The molecule has 0 unspecified atom stereocenters. The first kappa shape index (κ1) is 14.1. The second-order valence-electron chi connectivity index (χ2n) is 5.90. The summed E-state index contributed by atoms with van der Waals surface area (Å²) in [5.74, 6) is 0.161. The average molecular weight is 286 g/mol. The first-order valence-corrected chi connectivity index (χ1v) is 7.66. The molecular formula is C17H22N2O2. The Morgan fingerprint density at radius 3 is 2.95 bits per heavy atom. The largest absolute Gasteiger partial charge is 0.395 e. The maximum Gasteiger partial charge on any atom is 0.223 e. The molecule has 0 radical (unpaired) electrons. The smallest absolute Gasteiger partial charge is 0.223 e. The lowest BCUT2D eigenvalue weighted by molar-refractivity contribution is -0.132. The van der Waals surface area contributed by atoms with Crippen LogP contribution >= 0.6 is 0 Å². The summed E-state index contributed by atoms with van der Waals surface area (Å²) >= 11 is 0. The molecule has 4 nitrogen and oxygen atoms in total. The van der Waals surface area contributed by atoms with E-state index in [0.717, 1.165) is 24.8 Å². The number of benzene rings is 1. The first-order chi connectivity index (χ1) is 10.2. The van der Waals surface area contributed by atoms with Gasteiger partial charge in [0.2, 0.25) is 5.91 Å². The van der Waals surface area contributed by atoms with Gasteiger partial charge in [0.1, 0.15) is 0 Å². The van der Waals surface area contributed by atoms with Gasteiger partial charge in [-0.3, -0.25) is 4.79 Å². The molecule has 0 spiro atoms. The minimum atomic E-state index is 0.0501. The summed E-state index contributed by atoms with van der Waals surface area (Å²) in [6, 6.07) is 6.70. The van der Waals surface area contributed by atoms with Crippen molar-refractivity contribution in [1.82, 2.24) is 9.88 Å². The number of amides is 1. The van der Waals surface area contributed by atoms with Crippen molar-refractivity contribution in [3.8, 4) is 0 Å². The van der Waals surface area contributed by atoms with Crippen LogP contribution in [0.3, 0.4) is 0 Å². The zero-order valence-corrected chi connectivity index (χ0v) is 12.4. The fourth-order valence-electron chi connectivity index (χ4n) is 2.89. The zero-order valence-electron chi connectivity index (χ0n) is 12.4. The van der Waals surface area contributed by atoms with E-state index in [1.807, 2.05) is 11.1 Å². The van der Waals surface area contributed by atoms with Crippen LogP contribution in [0.25, 0.3) is 10.9 Å². The number of rotatable bonds is 6.